The van der Waals surface area contributed by atoms with E-state index >= 15 is 0 Å². The van der Waals surface area contributed by atoms with Gasteiger partial charge in [0, 0.05) is 12.0 Å². The Labute approximate surface area is 102 Å². The Morgan fingerprint density at radius 3 is 3.12 bits per heavy atom. The van der Waals surface area contributed by atoms with Gasteiger partial charge in [-0.2, -0.15) is 5.48 Å². The van der Waals surface area contributed by atoms with Crippen LogP contribution in [-0.4, -0.2) is 20.3 Å². The average Bonchev–Trinajstić information content (AvgIpc) is 2.37. The van der Waals surface area contributed by atoms with Crippen molar-refractivity contribution in [1.82, 2.24) is 5.48 Å². The lowest BCUT2D eigenvalue weighted by molar-refractivity contribution is 0.0456. The van der Waals surface area contributed by atoms with Crippen LogP contribution in [0.4, 0.5) is 0 Å². The molecule has 4 nitrogen and oxygen atoms in total. The lowest BCUT2D eigenvalue weighted by Gasteiger charge is -2.27. The molecule has 0 spiro atoms. The molecule has 1 heterocycles. The van der Waals surface area contributed by atoms with Crippen molar-refractivity contribution in [3.63, 3.8) is 0 Å². The molecule has 1 N–H and O–H groups in total. The Morgan fingerprint density at radius 1 is 1.47 bits per heavy atom. The van der Waals surface area contributed by atoms with Gasteiger partial charge in [0.05, 0.1) is 26.4 Å². The fourth-order valence-corrected chi connectivity index (χ4v) is 1.99. The second kappa shape index (κ2) is 5.89. The maximum Gasteiger partial charge on any atom is 0.166 e. The highest BCUT2D eigenvalue weighted by atomic mass is 16.6. The van der Waals surface area contributed by atoms with Gasteiger partial charge in [-0.15, -0.1) is 0 Å². The monoisotopic (exact) mass is 237 g/mol. The topological polar surface area (TPSA) is 39.7 Å². The summed E-state index contributed by atoms with van der Waals surface area (Å²) in [5.41, 5.74) is 4.09. The van der Waals surface area contributed by atoms with Gasteiger partial charge in [-0.05, 0) is 12.5 Å². The number of hydrogen-bond acceptors (Lipinski definition) is 4. The largest absolute Gasteiger partial charge is 0.490 e. The Bertz CT molecular complexity index is 368. The van der Waals surface area contributed by atoms with Crippen molar-refractivity contribution < 1.29 is 14.3 Å². The van der Waals surface area contributed by atoms with Gasteiger partial charge in [-0.25, -0.2) is 0 Å². The summed E-state index contributed by atoms with van der Waals surface area (Å²) in [6.07, 6.45) is 1.89. The van der Waals surface area contributed by atoms with Crippen LogP contribution in [0.15, 0.2) is 18.2 Å². The van der Waals surface area contributed by atoms with Crippen molar-refractivity contribution in [3.05, 3.63) is 23.8 Å². The molecule has 2 rings (SSSR count). The van der Waals surface area contributed by atoms with Gasteiger partial charge in [0.25, 0.3) is 0 Å². The number of hydroxylamine groups is 1. The summed E-state index contributed by atoms with van der Waals surface area (Å²) in [5.74, 6) is 1.67. The van der Waals surface area contributed by atoms with E-state index in [0.717, 1.165) is 29.9 Å². The predicted molar refractivity (Wildman–Crippen MR) is 65.2 cm³/mol. The highest BCUT2D eigenvalue weighted by Crippen LogP contribution is 2.39. The van der Waals surface area contributed by atoms with E-state index in [1.807, 2.05) is 18.2 Å². The number of rotatable bonds is 5. The molecule has 0 radical (unpaired) electrons. The molecule has 17 heavy (non-hydrogen) atoms. The van der Waals surface area contributed by atoms with E-state index in [2.05, 4.69) is 12.4 Å². The van der Waals surface area contributed by atoms with Gasteiger partial charge in [0.1, 0.15) is 0 Å². The Morgan fingerprint density at radius 2 is 2.35 bits per heavy atom. The quantitative estimate of drug-likeness (QED) is 0.798. The third-order valence-electron chi connectivity index (χ3n) is 2.76. The van der Waals surface area contributed by atoms with Gasteiger partial charge in [0.15, 0.2) is 11.5 Å². The van der Waals surface area contributed by atoms with E-state index < -0.39 is 0 Å². The number of para-hydroxylation sites is 1. The third-order valence-corrected chi connectivity index (χ3v) is 2.76. The van der Waals surface area contributed by atoms with Crippen molar-refractivity contribution in [2.24, 2.45) is 0 Å². The van der Waals surface area contributed by atoms with Crippen molar-refractivity contribution in [1.29, 1.82) is 0 Å². The fourth-order valence-electron chi connectivity index (χ4n) is 1.99. The summed E-state index contributed by atoms with van der Waals surface area (Å²) >= 11 is 0. The van der Waals surface area contributed by atoms with Crippen LogP contribution in [0.25, 0.3) is 0 Å². The highest BCUT2D eigenvalue weighted by molar-refractivity contribution is 5.49. The van der Waals surface area contributed by atoms with Gasteiger partial charge in [0.2, 0.25) is 0 Å². The van der Waals surface area contributed by atoms with Crippen LogP contribution >= 0.6 is 0 Å². The van der Waals surface area contributed by atoms with E-state index in [1.165, 1.54) is 0 Å². The van der Waals surface area contributed by atoms with E-state index in [4.69, 9.17) is 14.3 Å². The van der Waals surface area contributed by atoms with Crippen molar-refractivity contribution in [3.8, 4) is 11.5 Å². The highest BCUT2D eigenvalue weighted by Gasteiger charge is 2.24. The summed E-state index contributed by atoms with van der Waals surface area (Å²) in [5, 5.41) is 0. The zero-order chi connectivity index (χ0) is 12.1. The third kappa shape index (κ3) is 2.70. The van der Waals surface area contributed by atoms with E-state index in [0.29, 0.717) is 13.2 Å². The minimum Gasteiger partial charge on any atom is -0.490 e. The summed E-state index contributed by atoms with van der Waals surface area (Å²) < 4.78 is 11.4. The summed E-state index contributed by atoms with van der Waals surface area (Å²) in [6.45, 7) is 3.48. The second-order valence-electron chi connectivity index (χ2n) is 4.03. The molecule has 1 aliphatic heterocycles. The lowest BCUT2D eigenvalue weighted by atomic mass is 10.0. The van der Waals surface area contributed by atoms with Crippen LogP contribution in [0.2, 0.25) is 0 Å². The van der Waals surface area contributed by atoms with Crippen LogP contribution < -0.4 is 15.0 Å². The number of hydrogen-bond donors (Lipinski definition) is 1. The fraction of sp³-hybridized carbons (Fsp3) is 0.538. The molecule has 0 fully saturated rings. The molecule has 0 bridgehead atoms. The molecule has 94 valence electrons. The second-order valence-corrected chi connectivity index (χ2v) is 4.03. The minimum absolute atomic E-state index is 0.175. The molecule has 0 amide bonds. The summed E-state index contributed by atoms with van der Waals surface area (Å²) in [7, 11) is 1.63. The van der Waals surface area contributed by atoms with Crippen LogP contribution in [0, 0.1) is 0 Å². The maximum absolute atomic E-state index is 5.71. The van der Waals surface area contributed by atoms with E-state index in [9.17, 15) is 0 Å². The molecule has 1 aromatic rings. The first-order valence-electron chi connectivity index (χ1n) is 6.03. The lowest BCUT2D eigenvalue weighted by Crippen LogP contribution is -2.26. The number of benzene rings is 1. The van der Waals surface area contributed by atoms with Crippen LogP contribution in [-0.2, 0) is 4.84 Å². The first kappa shape index (κ1) is 12.2. The molecule has 0 saturated heterocycles. The number of nitrogens with one attached hydrogen (secondary N) is 1. The van der Waals surface area contributed by atoms with Crippen LogP contribution in [0.5, 0.6) is 11.5 Å². The SMILES string of the molecule is CCCOc1cccc2c1OCCC2NOC. The van der Waals surface area contributed by atoms with Gasteiger partial charge in [-0.3, -0.25) is 0 Å². The zero-order valence-corrected chi connectivity index (χ0v) is 10.4. The predicted octanol–water partition coefficient (Wildman–Crippen LogP) is 2.45. The number of fused-ring (bicyclic) bond motifs is 1. The Kier molecular flexibility index (Phi) is 4.23. The summed E-state index contributed by atoms with van der Waals surface area (Å²) in [6, 6.07) is 6.16. The zero-order valence-electron chi connectivity index (χ0n) is 10.4. The minimum atomic E-state index is 0.175. The van der Waals surface area contributed by atoms with E-state index in [1.54, 1.807) is 7.11 Å². The van der Waals surface area contributed by atoms with Crippen molar-refractivity contribution in [2.75, 3.05) is 20.3 Å². The number of ether oxygens (including phenoxy) is 2. The summed E-state index contributed by atoms with van der Waals surface area (Å²) in [4.78, 5) is 5.01. The molecular formula is C13H19NO3. The van der Waals surface area contributed by atoms with Crippen LogP contribution in [0.1, 0.15) is 31.4 Å². The molecule has 4 heteroatoms. The first-order valence-corrected chi connectivity index (χ1v) is 6.03. The molecular weight excluding hydrogens is 218 g/mol. The van der Waals surface area contributed by atoms with Crippen molar-refractivity contribution >= 4 is 0 Å². The van der Waals surface area contributed by atoms with Gasteiger partial charge < -0.3 is 14.3 Å². The van der Waals surface area contributed by atoms with Crippen LogP contribution in [0.3, 0.4) is 0 Å². The molecule has 1 aromatic carbocycles. The molecule has 0 saturated carbocycles. The standard InChI is InChI=1S/C13H19NO3/c1-3-8-16-12-6-4-5-10-11(14-15-2)7-9-17-13(10)12/h4-6,11,14H,3,7-9H2,1-2H3. The van der Waals surface area contributed by atoms with Gasteiger partial charge in [-0.1, -0.05) is 19.1 Å². The van der Waals surface area contributed by atoms with Crippen molar-refractivity contribution in [2.45, 2.75) is 25.8 Å². The van der Waals surface area contributed by atoms with Gasteiger partial charge >= 0.3 is 0 Å². The molecule has 1 unspecified atom stereocenters. The Balaban J connectivity index is 2.23. The van der Waals surface area contributed by atoms with E-state index in [-0.39, 0.29) is 6.04 Å². The molecule has 0 aromatic heterocycles. The normalized spacial score (nSPS) is 18.4. The smallest absolute Gasteiger partial charge is 0.166 e. The molecule has 1 atom stereocenters. The maximum atomic E-state index is 5.71. The molecule has 0 aliphatic carbocycles. The average molecular weight is 237 g/mol. The molecule has 1 aliphatic rings. The Hall–Kier alpha value is -1.26. The first-order chi connectivity index (χ1) is 8.36.